The number of benzene rings is 2. The number of carbonyl (C=O) groups excluding carboxylic acids is 1. The number of rotatable bonds is 5. The van der Waals surface area contributed by atoms with Gasteiger partial charge in [0, 0.05) is 48.1 Å². The number of hydrogen-bond donors (Lipinski definition) is 2. The SMILES string of the molecule is CCc1nc2ccc(NC(=O)c3ccc(N4CC(C)NC(C)C4)c4cnc(OC)nc34)cc2s1. The highest BCUT2D eigenvalue weighted by Crippen LogP contribution is 2.31. The Morgan fingerprint density at radius 1 is 1.21 bits per heavy atom. The molecule has 1 fully saturated rings. The van der Waals surface area contributed by atoms with E-state index >= 15 is 0 Å². The number of aryl methyl sites for hydroxylation is 1. The number of carbonyl (C=O) groups is 1. The van der Waals surface area contributed by atoms with Gasteiger partial charge in [0.1, 0.15) is 0 Å². The smallest absolute Gasteiger partial charge is 0.316 e. The monoisotopic (exact) mass is 476 g/mol. The summed E-state index contributed by atoms with van der Waals surface area (Å²) in [6.45, 7) is 8.18. The zero-order chi connectivity index (χ0) is 23.8. The Bertz CT molecular complexity index is 1360. The van der Waals surface area contributed by atoms with E-state index in [0.29, 0.717) is 23.2 Å². The van der Waals surface area contributed by atoms with Gasteiger partial charge in [-0.05, 0) is 50.6 Å². The Kier molecular flexibility index (Phi) is 6.05. The van der Waals surface area contributed by atoms with Crippen molar-refractivity contribution in [1.29, 1.82) is 0 Å². The average Bonchev–Trinajstić information content (AvgIpc) is 3.25. The number of nitrogens with one attached hydrogen (secondary N) is 2. The average molecular weight is 477 g/mol. The van der Waals surface area contributed by atoms with E-state index in [1.807, 2.05) is 30.3 Å². The minimum absolute atomic E-state index is 0.223. The molecule has 8 nitrogen and oxygen atoms in total. The zero-order valence-corrected chi connectivity index (χ0v) is 20.6. The molecule has 0 radical (unpaired) electrons. The molecule has 176 valence electrons. The van der Waals surface area contributed by atoms with Crippen LogP contribution in [0, 0.1) is 0 Å². The quantitative estimate of drug-likeness (QED) is 0.445. The number of piperazine rings is 1. The maximum Gasteiger partial charge on any atom is 0.316 e. The zero-order valence-electron chi connectivity index (χ0n) is 19.8. The lowest BCUT2D eigenvalue weighted by molar-refractivity contribution is 0.102. The Balaban J connectivity index is 1.51. The van der Waals surface area contributed by atoms with E-state index in [-0.39, 0.29) is 11.9 Å². The van der Waals surface area contributed by atoms with Crippen LogP contribution in [-0.2, 0) is 6.42 Å². The first-order valence-electron chi connectivity index (χ1n) is 11.5. The predicted molar refractivity (Wildman–Crippen MR) is 137 cm³/mol. The molecule has 0 saturated carbocycles. The van der Waals surface area contributed by atoms with Crippen LogP contribution in [0.4, 0.5) is 11.4 Å². The number of anilines is 2. The van der Waals surface area contributed by atoms with Crippen LogP contribution in [0.1, 0.15) is 36.1 Å². The first-order valence-corrected chi connectivity index (χ1v) is 12.3. The molecule has 2 aromatic carbocycles. The highest BCUT2D eigenvalue weighted by atomic mass is 32.1. The largest absolute Gasteiger partial charge is 0.467 e. The van der Waals surface area contributed by atoms with Gasteiger partial charge in [-0.15, -0.1) is 11.3 Å². The van der Waals surface area contributed by atoms with Crippen LogP contribution in [0.25, 0.3) is 21.1 Å². The minimum Gasteiger partial charge on any atom is -0.467 e. The fraction of sp³-hybridized carbons (Fsp3) is 0.360. The van der Waals surface area contributed by atoms with Gasteiger partial charge >= 0.3 is 6.01 Å². The van der Waals surface area contributed by atoms with Crippen LogP contribution in [0.5, 0.6) is 6.01 Å². The van der Waals surface area contributed by atoms with E-state index in [1.54, 1.807) is 17.5 Å². The molecule has 1 amide bonds. The third kappa shape index (κ3) is 4.28. The second kappa shape index (κ2) is 9.15. The second-order valence-corrected chi connectivity index (χ2v) is 9.84. The molecule has 0 aliphatic carbocycles. The number of hydrogen-bond acceptors (Lipinski definition) is 8. The summed E-state index contributed by atoms with van der Waals surface area (Å²) in [4.78, 5) is 29.2. The number of thiazole rings is 1. The molecule has 1 aliphatic heterocycles. The van der Waals surface area contributed by atoms with Crippen molar-refractivity contribution in [2.75, 3.05) is 30.4 Å². The number of aromatic nitrogens is 3. The van der Waals surface area contributed by atoms with Crippen LogP contribution in [0.3, 0.4) is 0 Å². The summed E-state index contributed by atoms with van der Waals surface area (Å²) in [6, 6.07) is 10.6. The Morgan fingerprint density at radius 2 is 2.00 bits per heavy atom. The van der Waals surface area contributed by atoms with Crippen LogP contribution in [-0.4, -0.2) is 53.1 Å². The van der Waals surface area contributed by atoms with Crippen LogP contribution in [0.2, 0.25) is 0 Å². The maximum absolute atomic E-state index is 13.4. The molecule has 0 spiro atoms. The molecule has 1 saturated heterocycles. The van der Waals surface area contributed by atoms with Gasteiger partial charge in [-0.3, -0.25) is 4.79 Å². The molecule has 0 bridgehead atoms. The molecule has 1 aliphatic rings. The number of nitrogens with zero attached hydrogens (tertiary/aromatic N) is 4. The third-order valence-corrected chi connectivity index (χ3v) is 7.19. The van der Waals surface area contributed by atoms with Crippen LogP contribution < -0.4 is 20.3 Å². The minimum atomic E-state index is -0.223. The first-order chi connectivity index (χ1) is 16.4. The number of fused-ring (bicyclic) bond motifs is 2. The molecule has 2 N–H and O–H groups in total. The summed E-state index contributed by atoms with van der Waals surface area (Å²) in [6.07, 6.45) is 2.64. The molecule has 2 aromatic heterocycles. The second-order valence-electron chi connectivity index (χ2n) is 8.72. The summed E-state index contributed by atoms with van der Waals surface area (Å²) in [5, 5.41) is 8.51. The molecule has 9 heteroatoms. The molecule has 2 unspecified atom stereocenters. The maximum atomic E-state index is 13.4. The van der Waals surface area contributed by atoms with Crippen molar-refractivity contribution in [3.63, 3.8) is 0 Å². The summed E-state index contributed by atoms with van der Waals surface area (Å²) >= 11 is 1.65. The van der Waals surface area contributed by atoms with E-state index < -0.39 is 0 Å². The first kappa shape index (κ1) is 22.5. The highest BCUT2D eigenvalue weighted by Gasteiger charge is 2.24. The van der Waals surface area contributed by atoms with Gasteiger partial charge in [-0.2, -0.15) is 4.98 Å². The summed E-state index contributed by atoms with van der Waals surface area (Å²) in [5.41, 5.74) is 3.76. The molecule has 5 rings (SSSR count). The van der Waals surface area contributed by atoms with Crippen molar-refractivity contribution < 1.29 is 9.53 Å². The number of methoxy groups -OCH3 is 1. The molecular formula is C25H28N6O2S. The van der Waals surface area contributed by atoms with E-state index in [2.05, 4.69) is 51.3 Å². The van der Waals surface area contributed by atoms with Crippen molar-refractivity contribution in [3.05, 3.63) is 47.1 Å². The fourth-order valence-corrected chi connectivity index (χ4v) is 5.52. The number of amides is 1. The van der Waals surface area contributed by atoms with Crippen LogP contribution >= 0.6 is 11.3 Å². The van der Waals surface area contributed by atoms with E-state index in [9.17, 15) is 4.79 Å². The topological polar surface area (TPSA) is 92.3 Å². The van der Waals surface area contributed by atoms with Crippen molar-refractivity contribution in [3.8, 4) is 6.01 Å². The normalized spacial score (nSPS) is 18.4. The van der Waals surface area contributed by atoms with Crippen molar-refractivity contribution in [2.24, 2.45) is 0 Å². The van der Waals surface area contributed by atoms with Gasteiger partial charge in [0.2, 0.25) is 0 Å². The van der Waals surface area contributed by atoms with Crippen LogP contribution in [0.15, 0.2) is 36.5 Å². The molecule has 34 heavy (non-hydrogen) atoms. The van der Waals surface area contributed by atoms with Gasteiger partial charge in [0.25, 0.3) is 5.91 Å². The fourth-order valence-electron chi connectivity index (χ4n) is 4.57. The molecule has 2 atom stereocenters. The predicted octanol–water partition coefficient (Wildman–Crippen LogP) is 4.25. The molecular weight excluding hydrogens is 448 g/mol. The standard InChI is InChI=1S/C25H28N6O2S/c1-5-22-29-19-8-6-16(10-21(19)34-22)28-24(32)17-7-9-20(31-12-14(2)27-15(3)13-31)18-11-26-25(33-4)30-23(17)18/h6-11,14-15,27H,5,12-13H2,1-4H3,(H,28,32). The summed E-state index contributed by atoms with van der Waals surface area (Å²) < 4.78 is 6.33. The van der Waals surface area contributed by atoms with E-state index in [0.717, 1.165) is 51.5 Å². The lowest BCUT2D eigenvalue weighted by Gasteiger charge is -2.38. The van der Waals surface area contributed by atoms with Crippen molar-refractivity contribution in [1.82, 2.24) is 20.3 Å². The molecule has 4 aromatic rings. The Morgan fingerprint density at radius 3 is 2.74 bits per heavy atom. The lowest BCUT2D eigenvalue weighted by atomic mass is 10.0. The van der Waals surface area contributed by atoms with Gasteiger partial charge in [-0.25, -0.2) is 9.97 Å². The van der Waals surface area contributed by atoms with Gasteiger partial charge < -0.3 is 20.3 Å². The summed E-state index contributed by atoms with van der Waals surface area (Å²) in [7, 11) is 1.53. The number of ether oxygens (including phenoxy) is 1. The van der Waals surface area contributed by atoms with Gasteiger partial charge in [0.05, 0.1) is 33.4 Å². The molecule has 3 heterocycles. The third-order valence-electron chi connectivity index (χ3n) is 6.02. The van der Waals surface area contributed by atoms with E-state index in [1.165, 1.54) is 7.11 Å². The van der Waals surface area contributed by atoms with Crippen molar-refractivity contribution in [2.45, 2.75) is 39.3 Å². The van der Waals surface area contributed by atoms with Gasteiger partial charge in [0.15, 0.2) is 0 Å². The van der Waals surface area contributed by atoms with Gasteiger partial charge in [-0.1, -0.05) is 6.92 Å². The van der Waals surface area contributed by atoms with Crippen molar-refractivity contribution >= 4 is 49.7 Å². The summed E-state index contributed by atoms with van der Waals surface area (Å²) in [5.74, 6) is -0.223. The lowest BCUT2D eigenvalue weighted by Crippen LogP contribution is -2.54. The Hall–Kier alpha value is -3.30. The Labute approximate surface area is 202 Å². The highest BCUT2D eigenvalue weighted by molar-refractivity contribution is 7.18. The van der Waals surface area contributed by atoms with E-state index in [4.69, 9.17) is 4.74 Å².